The second-order valence-corrected chi connectivity index (χ2v) is 7.89. The van der Waals surface area contributed by atoms with Crippen LogP contribution < -0.4 is 14.8 Å². The van der Waals surface area contributed by atoms with Crippen LogP contribution in [0.1, 0.15) is 8.30 Å². The molecule has 0 saturated carbocycles. The minimum Gasteiger partial charge on any atom is -0.454 e. The lowest BCUT2D eigenvalue weighted by atomic mass is 10.2. The van der Waals surface area contributed by atoms with Crippen LogP contribution in [0, 0.1) is 0 Å². The van der Waals surface area contributed by atoms with E-state index in [1.54, 1.807) is 60.7 Å². The van der Waals surface area contributed by atoms with Crippen molar-refractivity contribution >= 4 is 33.3 Å². The second kappa shape index (κ2) is 7.53. The Bertz CT molecular complexity index is 1240. The van der Waals surface area contributed by atoms with Crippen molar-refractivity contribution in [2.24, 2.45) is 4.99 Å². The molecule has 0 fully saturated rings. The van der Waals surface area contributed by atoms with E-state index in [2.05, 4.69) is 15.0 Å². The topological polar surface area (TPSA) is 79.8 Å². The number of fused-ring (bicyclic) bond motifs is 1. The highest BCUT2D eigenvalue weighted by atomic mass is 35.5. The average molecular weight is 416 g/mol. The first-order valence-corrected chi connectivity index (χ1v) is 10.1. The van der Waals surface area contributed by atoms with Gasteiger partial charge in [0.1, 0.15) is 16.3 Å². The lowest BCUT2D eigenvalue weighted by Crippen LogP contribution is -2.40. The molecule has 0 amide bonds. The molecule has 1 aliphatic heterocycles. The fraction of sp³-hybridized carbons (Fsp3) is 0.0500. The zero-order chi connectivity index (χ0) is 21.4. The van der Waals surface area contributed by atoms with Gasteiger partial charge in [0.05, 0.1) is 14.3 Å². The van der Waals surface area contributed by atoms with E-state index in [9.17, 15) is 8.42 Å². The molecule has 0 bridgehead atoms. The third kappa shape index (κ3) is 3.81. The van der Waals surface area contributed by atoms with Crippen molar-refractivity contribution in [3.63, 3.8) is 0 Å². The van der Waals surface area contributed by atoms with Gasteiger partial charge in [-0.25, -0.2) is 18.1 Å². The average Bonchev–Trinajstić information content (AvgIpc) is 2.70. The van der Waals surface area contributed by atoms with Crippen LogP contribution in [0.15, 0.2) is 82.7 Å². The molecule has 0 atom stereocenters. The van der Waals surface area contributed by atoms with Crippen molar-refractivity contribution in [1.82, 2.24) is 4.72 Å². The van der Waals surface area contributed by atoms with Crippen LogP contribution >= 0.6 is 11.6 Å². The van der Waals surface area contributed by atoms with Gasteiger partial charge in [0, 0.05) is 0 Å². The zero-order valence-electron chi connectivity index (χ0n) is 16.4. The van der Waals surface area contributed by atoms with Crippen molar-refractivity contribution in [1.29, 1.82) is 0 Å². The Morgan fingerprint density at radius 2 is 1.68 bits per heavy atom. The smallest absolute Gasteiger partial charge is 0.266 e. The molecule has 0 radical (unpaired) electrons. The number of nitrogens with zero attached hydrogens (tertiary/aromatic N) is 1. The summed E-state index contributed by atoms with van der Waals surface area (Å²) in [7, 11) is -3.99. The van der Waals surface area contributed by atoms with E-state index < -0.39 is 16.5 Å². The fourth-order valence-electron chi connectivity index (χ4n) is 2.60. The first kappa shape index (κ1) is 16.0. The maximum absolute atomic E-state index is 12.7. The van der Waals surface area contributed by atoms with E-state index in [0.29, 0.717) is 10.8 Å². The first-order chi connectivity index (χ1) is 14.3. The molecule has 3 aromatic carbocycles. The van der Waals surface area contributed by atoms with Gasteiger partial charge in [0.25, 0.3) is 10.0 Å². The largest absolute Gasteiger partial charge is 0.454 e. The van der Waals surface area contributed by atoms with Crippen LogP contribution in [0.25, 0.3) is 0 Å². The van der Waals surface area contributed by atoms with Crippen LogP contribution in [0.4, 0.5) is 5.69 Å². The molecule has 0 aromatic heterocycles. The predicted octanol–water partition coefficient (Wildman–Crippen LogP) is 4.39. The Labute approximate surface area is 170 Å². The van der Waals surface area contributed by atoms with Gasteiger partial charge in [-0.3, -0.25) is 0 Å². The normalized spacial score (nSPS) is 17.5. The number of hydrogen-bond donors (Lipinski definition) is 2. The minimum atomic E-state index is -3.99. The Hall–Kier alpha value is -3.03. The third-order valence-electron chi connectivity index (χ3n) is 3.88. The number of anilines is 1. The number of aliphatic imine (C=N–C) groups is 1. The molecule has 142 valence electrons. The highest BCUT2D eigenvalue weighted by Crippen LogP contribution is 2.38. The number of rotatable bonds is 4. The fourth-order valence-corrected chi connectivity index (χ4v) is 3.91. The number of para-hydroxylation sites is 2. The summed E-state index contributed by atoms with van der Waals surface area (Å²) in [6.07, 6.45) is 0. The van der Waals surface area contributed by atoms with Gasteiger partial charge in [-0.1, -0.05) is 60.1 Å². The molecule has 0 spiro atoms. The maximum atomic E-state index is 12.7. The van der Waals surface area contributed by atoms with Crippen LogP contribution in [0.3, 0.4) is 0 Å². The summed E-state index contributed by atoms with van der Waals surface area (Å²) in [5, 5.41) is 3.20. The molecule has 0 aliphatic carbocycles. The van der Waals surface area contributed by atoms with Crippen molar-refractivity contribution in [3.05, 3.63) is 83.4 Å². The van der Waals surface area contributed by atoms with E-state index >= 15 is 0 Å². The van der Waals surface area contributed by atoms with Gasteiger partial charge >= 0.3 is 0 Å². The number of hydrogen-bond acceptors (Lipinski definition) is 4. The van der Waals surface area contributed by atoms with Crippen molar-refractivity contribution in [2.75, 3.05) is 5.32 Å². The molecule has 8 heteroatoms. The molecule has 1 heterocycles. The monoisotopic (exact) mass is 415 g/mol. The summed E-state index contributed by atoms with van der Waals surface area (Å²) < 4.78 is 50.0. The number of nitrogens with one attached hydrogen (secondary N) is 2. The summed E-state index contributed by atoms with van der Waals surface area (Å²) in [4.78, 5) is 3.92. The molecular formula is C20H16ClN3O3S. The quantitative estimate of drug-likeness (QED) is 0.662. The number of ether oxygens (including phenoxy) is 1. The van der Waals surface area contributed by atoms with Gasteiger partial charge in [-0.05, 0) is 29.8 Å². The number of benzene rings is 3. The molecule has 3 aromatic rings. The third-order valence-corrected chi connectivity index (χ3v) is 5.57. The molecule has 6 nitrogen and oxygen atoms in total. The van der Waals surface area contributed by atoms with Crippen LogP contribution in [-0.2, 0) is 16.5 Å². The Balaban J connectivity index is 1.75. The summed E-state index contributed by atoms with van der Waals surface area (Å²) >= 11 is 6.15. The SMILES string of the molecule is [2H]C([2H])(N=C1Nc2c(Oc3ccccc3Cl)cccc2S(=O)(=O)N1)c1ccccc1. The van der Waals surface area contributed by atoms with Gasteiger partial charge in [0.15, 0.2) is 5.75 Å². The van der Waals surface area contributed by atoms with Crippen LogP contribution in [0.5, 0.6) is 11.5 Å². The second-order valence-electron chi connectivity index (χ2n) is 5.83. The standard InChI is InChI=1S/C20H16ClN3O3S/c21-15-9-4-5-10-16(15)27-17-11-6-12-18-19(17)23-20(24-28(18,25)26)22-13-14-7-2-1-3-8-14/h1-12H,13H2,(H2,22,23,24)/i13D2. The van der Waals surface area contributed by atoms with Gasteiger partial charge in [-0.2, -0.15) is 0 Å². The molecule has 1 aliphatic rings. The molecule has 4 rings (SSSR count). The highest BCUT2D eigenvalue weighted by Gasteiger charge is 2.29. The van der Waals surface area contributed by atoms with Crippen molar-refractivity contribution in [3.8, 4) is 11.5 Å². The van der Waals surface area contributed by atoms with Gasteiger partial charge in [0.2, 0.25) is 5.96 Å². The number of guanidine groups is 1. The lowest BCUT2D eigenvalue weighted by molar-refractivity contribution is 0.483. The maximum Gasteiger partial charge on any atom is 0.266 e. The number of sulfonamides is 1. The van der Waals surface area contributed by atoms with E-state index in [4.69, 9.17) is 19.1 Å². The molecular weight excluding hydrogens is 398 g/mol. The van der Waals surface area contributed by atoms with Crippen LogP contribution in [0.2, 0.25) is 5.02 Å². The zero-order valence-corrected chi connectivity index (χ0v) is 16.0. The van der Waals surface area contributed by atoms with E-state index in [0.717, 1.165) is 0 Å². The Morgan fingerprint density at radius 3 is 2.46 bits per heavy atom. The Morgan fingerprint density at radius 1 is 0.964 bits per heavy atom. The predicted molar refractivity (Wildman–Crippen MR) is 109 cm³/mol. The van der Waals surface area contributed by atoms with E-state index in [1.807, 2.05) is 0 Å². The Kier molecular flexibility index (Phi) is 4.30. The summed E-state index contributed by atoms with van der Waals surface area (Å²) in [5.74, 6) is 0.300. The summed E-state index contributed by atoms with van der Waals surface area (Å²) in [5.41, 5.74) is 0.420. The van der Waals surface area contributed by atoms with E-state index in [-0.39, 0.29) is 27.9 Å². The van der Waals surface area contributed by atoms with E-state index in [1.165, 1.54) is 12.1 Å². The molecule has 0 saturated heterocycles. The summed E-state index contributed by atoms with van der Waals surface area (Å²) in [6, 6.07) is 19.6. The molecule has 2 N–H and O–H groups in total. The minimum absolute atomic E-state index is 0.0497. The van der Waals surface area contributed by atoms with Crippen molar-refractivity contribution in [2.45, 2.75) is 11.4 Å². The lowest BCUT2D eigenvalue weighted by Gasteiger charge is -2.23. The number of halogens is 1. The first-order valence-electron chi connectivity index (χ1n) is 9.27. The molecule has 0 unspecified atom stereocenters. The molecule has 28 heavy (non-hydrogen) atoms. The van der Waals surface area contributed by atoms with Gasteiger partial charge < -0.3 is 10.1 Å². The van der Waals surface area contributed by atoms with Crippen LogP contribution in [-0.4, -0.2) is 14.4 Å². The summed E-state index contributed by atoms with van der Waals surface area (Å²) in [6.45, 7) is -2.16. The van der Waals surface area contributed by atoms with Gasteiger partial charge in [-0.15, -0.1) is 0 Å². The van der Waals surface area contributed by atoms with Crippen molar-refractivity contribution < 1.29 is 15.9 Å². The highest BCUT2D eigenvalue weighted by molar-refractivity contribution is 7.90.